The molecule has 3 aromatic rings. The van der Waals surface area contributed by atoms with Crippen molar-refractivity contribution in [2.45, 2.75) is 23.2 Å². The quantitative estimate of drug-likeness (QED) is 0.227. The van der Waals surface area contributed by atoms with Crippen molar-refractivity contribution in [1.82, 2.24) is 14.1 Å². The molecule has 1 fully saturated rings. The second kappa shape index (κ2) is 11.2. The van der Waals surface area contributed by atoms with E-state index in [0.717, 1.165) is 22.1 Å². The van der Waals surface area contributed by atoms with Gasteiger partial charge in [0.15, 0.2) is 0 Å². The van der Waals surface area contributed by atoms with Crippen molar-refractivity contribution in [3.8, 4) is 0 Å². The van der Waals surface area contributed by atoms with Gasteiger partial charge in [-0.3, -0.25) is 10.2 Å². The van der Waals surface area contributed by atoms with Gasteiger partial charge in [-0.05, 0) is 35.6 Å². The number of benzene rings is 2. The highest BCUT2D eigenvalue weighted by Gasteiger charge is 2.42. The minimum absolute atomic E-state index is 0.00495. The zero-order chi connectivity index (χ0) is 27.6. The second-order valence-corrected chi connectivity index (χ2v) is 12.7. The third-order valence-electron chi connectivity index (χ3n) is 6.35. The number of nitrogens with one attached hydrogen (secondary N) is 1. The SMILES string of the molecule is C=CCCN(C)C(=N)c1ccc(CN2C(=O)CN(S(=O)(=O)c3cc4ccc(Cl)cc4s3)C[C@@H]2C(=O)O)cc1. The van der Waals surface area contributed by atoms with E-state index in [-0.39, 0.29) is 17.3 Å². The Balaban J connectivity index is 1.51. The van der Waals surface area contributed by atoms with E-state index >= 15 is 0 Å². The van der Waals surface area contributed by atoms with Gasteiger partial charge in [-0.2, -0.15) is 4.31 Å². The van der Waals surface area contributed by atoms with Crippen LogP contribution >= 0.6 is 22.9 Å². The van der Waals surface area contributed by atoms with Crippen molar-refractivity contribution >= 4 is 60.8 Å². The van der Waals surface area contributed by atoms with E-state index in [1.165, 1.54) is 11.0 Å². The molecule has 1 atom stereocenters. The van der Waals surface area contributed by atoms with E-state index in [0.29, 0.717) is 38.6 Å². The molecule has 9 nitrogen and oxygen atoms in total. The molecule has 0 radical (unpaired) electrons. The molecule has 1 aliphatic rings. The summed E-state index contributed by atoms with van der Waals surface area (Å²) in [5.74, 6) is -1.55. The van der Waals surface area contributed by atoms with Crippen LogP contribution in [0.3, 0.4) is 0 Å². The van der Waals surface area contributed by atoms with Crippen LogP contribution in [0.4, 0.5) is 0 Å². The van der Waals surface area contributed by atoms with Gasteiger partial charge in [-0.15, -0.1) is 17.9 Å². The molecule has 200 valence electrons. The first-order chi connectivity index (χ1) is 18.0. The van der Waals surface area contributed by atoms with E-state index in [1.807, 2.05) is 7.05 Å². The van der Waals surface area contributed by atoms with Crippen LogP contribution in [-0.4, -0.2) is 78.1 Å². The lowest BCUT2D eigenvalue weighted by Crippen LogP contribution is -2.59. The fourth-order valence-corrected chi connectivity index (χ4v) is 7.41. The van der Waals surface area contributed by atoms with E-state index < -0.39 is 34.5 Å². The third-order valence-corrected chi connectivity index (χ3v) is 9.95. The van der Waals surface area contributed by atoms with Gasteiger partial charge < -0.3 is 14.9 Å². The molecule has 2 heterocycles. The largest absolute Gasteiger partial charge is 0.480 e. The lowest BCUT2D eigenvalue weighted by Gasteiger charge is -2.38. The number of hydrogen-bond acceptors (Lipinski definition) is 6. The number of amidine groups is 1. The van der Waals surface area contributed by atoms with Gasteiger partial charge in [0, 0.05) is 42.0 Å². The number of thiophene rings is 1. The number of carboxylic acid groups (broad SMARTS) is 1. The summed E-state index contributed by atoms with van der Waals surface area (Å²) < 4.78 is 28.3. The Morgan fingerprint density at radius 1 is 1.26 bits per heavy atom. The number of fused-ring (bicyclic) bond motifs is 1. The Bertz CT molecular complexity index is 1500. The van der Waals surface area contributed by atoms with E-state index in [2.05, 4.69) is 6.58 Å². The standard InChI is InChI=1S/C26H27ClN4O5S2/c1-3-4-11-29(2)25(28)18-7-5-17(6-8-18)14-31-21(26(33)34)15-30(16-23(31)32)38(35,36)24-12-19-9-10-20(27)13-22(19)37-24/h3,5-10,12-13,21,28H,1,4,11,14-16H2,2H3,(H,33,34)/t21-/m1/s1. The summed E-state index contributed by atoms with van der Waals surface area (Å²) in [6.07, 6.45) is 2.53. The first-order valence-corrected chi connectivity index (χ1v) is 14.4. The predicted octanol–water partition coefficient (Wildman–Crippen LogP) is 3.87. The number of carbonyl (C=O) groups is 2. The maximum atomic E-state index is 13.4. The van der Waals surface area contributed by atoms with Gasteiger partial charge in [-0.1, -0.05) is 48.0 Å². The molecule has 1 aromatic heterocycles. The average molecular weight is 575 g/mol. The van der Waals surface area contributed by atoms with Crippen molar-refractivity contribution in [2.24, 2.45) is 0 Å². The van der Waals surface area contributed by atoms with Crippen LogP contribution in [0.2, 0.25) is 5.02 Å². The second-order valence-electron chi connectivity index (χ2n) is 8.97. The van der Waals surface area contributed by atoms with Crippen LogP contribution in [0.5, 0.6) is 0 Å². The molecular weight excluding hydrogens is 548 g/mol. The number of carboxylic acids is 1. The molecule has 0 aliphatic carbocycles. The highest BCUT2D eigenvalue weighted by Crippen LogP contribution is 2.33. The van der Waals surface area contributed by atoms with Crippen molar-refractivity contribution in [1.29, 1.82) is 5.41 Å². The number of piperazine rings is 1. The van der Waals surface area contributed by atoms with Crippen molar-refractivity contribution < 1.29 is 23.1 Å². The number of aliphatic carboxylic acids is 1. The molecule has 38 heavy (non-hydrogen) atoms. The number of nitrogens with zero attached hydrogens (tertiary/aromatic N) is 3. The average Bonchev–Trinajstić information content (AvgIpc) is 3.32. The lowest BCUT2D eigenvalue weighted by atomic mass is 10.1. The summed E-state index contributed by atoms with van der Waals surface area (Å²) in [4.78, 5) is 28.2. The number of amides is 1. The maximum Gasteiger partial charge on any atom is 0.327 e. The van der Waals surface area contributed by atoms with Gasteiger partial charge in [0.2, 0.25) is 5.91 Å². The van der Waals surface area contributed by atoms with Crippen molar-refractivity contribution in [3.05, 3.63) is 77.3 Å². The Kier molecular flexibility index (Phi) is 8.22. The first-order valence-electron chi connectivity index (χ1n) is 11.7. The molecule has 0 unspecified atom stereocenters. The van der Waals surface area contributed by atoms with Gasteiger partial charge in [0.05, 0.1) is 6.54 Å². The number of rotatable bonds is 9. The Hall–Kier alpha value is -3.25. The minimum Gasteiger partial charge on any atom is -0.480 e. The Morgan fingerprint density at radius 3 is 2.63 bits per heavy atom. The van der Waals surface area contributed by atoms with Crippen LogP contribution in [0.25, 0.3) is 10.1 Å². The maximum absolute atomic E-state index is 13.4. The van der Waals surface area contributed by atoms with Crippen LogP contribution in [0.1, 0.15) is 17.5 Å². The summed E-state index contributed by atoms with van der Waals surface area (Å²) in [7, 11) is -2.28. The summed E-state index contributed by atoms with van der Waals surface area (Å²) in [6, 6.07) is 12.2. The highest BCUT2D eigenvalue weighted by molar-refractivity contribution is 7.91. The summed E-state index contributed by atoms with van der Waals surface area (Å²) >= 11 is 7.04. The number of carbonyl (C=O) groups excluding carboxylic acids is 1. The summed E-state index contributed by atoms with van der Waals surface area (Å²) in [6.45, 7) is 3.52. The normalized spacial score (nSPS) is 16.5. The van der Waals surface area contributed by atoms with Gasteiger partial charge in [-0.25, -0.2) is 13.2 Å². The smallest absolute Gasteiger partial charge is 0.327 e. The van der Waals surface area contributed by atoms with Gasteiger partial charge in [0.25, 0.3) is 10.0 Å². The Morgan fingerprint density at radius 2 is 1.97 bits per heavy atom. The molecule has 12 heteroatoms. The predicted molar refractivity (Wildman–Crippen MR) is 148 cm³/mol. The molecule has 0 saturated carbocycles. The molecule has 2 aromatic carbocycles. The van der Waals surface area contributed by atoms with Gasteiger partial charge >= 0.3 is 5.97 Å². The fourth-order valence-electron chi connectivity index (χ4n) is 4.18. The van der Waals surface area contributed by atoms with E-state index in [4.69, 9.17) is 17.0 Å². The van der Waals surface area contributed by atoms with Crippen LogP contribution < -0.4 is 0 Å². The minimum atomic E-state index is -4.10. The number of halogens is 1. The topological polar surface area (TPSA) is 122 Å². The van der Waals surface area contributed by atoms with Crippen LogP contribution in [-0.2, 0) is 26.2 Å². The van der Waals surface area contributed by atoms with Gasteiger partial charge in [0.1, 0.15) is 16.1 Å². The van der Waals surface area contributed by atoms with Crippen molar-refractivity contribution in [2.75, 3.05) is 26.7 Å². The number of hydrogen-bond donors (Lipinski definition) is 2. The van der Waals surface area contributed by atoms with Crippen LogP contribution in [0.15, 0.2) is 65.4 Å². The zero-order valence-electron chi connectivity index (χ0n) is 20.6. The van der Waals surface area contributed by atoms with E-state index in [9.17, 15) is 23.1 Å². The molecule has 2 N–H and O–H groups in total. The molecular formula is C26H27ClN4O5S2. The summed E-state index contributed by atoms with van der Waals surface area (Å²) in [5.41, 5.74) is 1.36. The number of sulfonamides is 1. The van der Waals surface area contributed by atoms with Crippen LogP contribution in [0, 0.1) is 5.41 Å². The fraction of sp³-hybridized carbons (Fsp3) is 0.269. The molecule has 1 saturated heterocycles. The van der Waals surface area contributed by atoms with E-state index in [1.54, 1.807) is 53.4 Å². The lowest BCUT2D eigenvalue weighted by molar-refractivity contribution is -0.154. The highest BCUT2D eigenvalue weighted by atomic mass is 35.5. The first kappa shape index (κ1) is 27.8. The molecule has 0 bridgehead atoms. The summed E-state index contributed by atoms with van der Waals surface area (Å²) in [5, 5.41) is 19.4. The monoisotopic (exact) mass is 574 g/mol. The molecule has 1 aliphatic heterocycles. The molecule has 1 amide bonds. The molecule has 4 rings (SSSR count). The zero-order valence-corrected chi connectivity index (χ0v) is 23.0. The third kappa shape index (κ3) is 5.75. The molecule has 0 spiro atoms. The van der Waals surface area contributed by atoms with Crippen molar-refractivity contribution in [3.63, 3.8) is 0 Å². The Labute approximate surface area is 230 Å².